The number of rotatable bonds is 3. The Morgan fingerprint density at radius 2 is 2.16 bits per heavy atom. The first-order valence-electron chi connectivity index (χ1n) is 6.63. The summed E-state index contributed by atoms with van der Waals surface area (Å²) in [5, 5.41) is 2.81. The Kier molecular flexibility index (Phi) is 2.97. The van der Waals surface area contributed by atoms with Gasteiger partial charge in [0, 0.05) is 18.4 Å². The lowest BCUT2D eigenvalue weighted by atomic mass is 10.1. The molecule has 1 saturated heterocycles. The highest BCUT2D eigenvalue weighted by molar-refractivity contribution is 5.95. The quantitative estimate of drug-likeness (QED) is 0.866. The van der Waals surface area contributed by atoms with Crippen LogP contribution in [0.3, 0.4) is 0 Å². The van der Waals surface area contributed by atoms with Crippen molar-refractivity contribution in [2.75, 3.05) is 6.54 Å². The maximum atomic E-state index is 12.3. The van der Waals surface area contributed by atoms with E-state index >= 15 is 0 Å². The van der Waals surface area contributed by atoms with Crippen LogP contribution < -0.4 is 5.32 Å². The first-order chi connectivity index (χ1) is 9.13. The van der Waals surface area contributed by atoms with Gasteiger partial charge in [0.1, 0.15) is 6.04 Å². The van der Waals surface area contributed by atoms with Crippen LogP contribution in [0.4, 0.5) is 0 Å². The van der Waals surface area contributed by atoms with Gasteiger partial charge in [-0.25, -0.2) is 0 Å². The molecular weight excluding hydrogens is 242 g/mol. The highest BCUT2D eigenvalue weighted by Gasteiger charge is 2.42. The van der Waals surface area contributed by atoms with E-state index in [1.54, 1.807) is 11.1 Å². The molecule has 1 atom stereocenters. The largest absolute Gasteiger partial charge is 0.342 e. The predicted molar refractivity (Wildman–Crippen MR) is 69.0 cm³/mol. The molecule has 1 N–H and O–H groups in total. The monoisotopic (exact) mass is 259 g/mol. The molecule has 100 valence electrons. The van der Waals surface area contributed by atoms with Gasteiger partial charge < -0.3 is 10.2 Å². The summed E-state index contributed by atoms with van der Waals surface area (Å²) in [6.45, 7) is 2.53. The van der Waals surface area contributed by atoms with Crippen molar-refractivity contribution in [1.29, 1.82) is 0 Å². The van der Waals surface area contributed by atoms with Crippen molar-refractivity contribution in [3.05, 3.63) is 29.6 Å². The van der Waals surface area contributed by atoms with Crippen molar-refractivity contribution >= 4 is 11.8 Å². The van der Waals surface area contributed by atoms with Crippen LogP contribution in [0.15, 0.2) is 18.3 Å². The number of hydrogen-bond donors (Lipinski definition) is 1. The first kappa shape index (κ1) is 12.1. The highest BCUT2D eigenvalue weighted by atomic mass is 16.2. The van der Waals surface area contributed by atoms with Gasteiger partial charge in [-0.2, -0.15) is 0 Å². The van der Waals surface area contributed by atoms with Gasteiger partial charge in [0.25, 0.3) is 0 Å². The molecule has 0 aromatic carbocycles. The number of piperazine rings is 1. The summed E-state index contributed by atoms with van der Waals surface area (Å²) in [6.07, 6.45) is 3.84. The van der Waals surface area contributed by atoms with Crippen molar-refractivity contribution in [3.63, 3.8) is 0 Å². The molecule has 0 spiro atoms. The van der Waals surface area contributed by atoms with E-state index in [1.807, 2.05) is 19.1 Å². The molecule has 2 fully saturated rings. The lowest BCUT2D eigenvalue weighted by Gasteiger charge is -2.32. The van der Waals surface area contributed by atoms with E-state index in [2.05, 4.69) is 10.3 Å². The SMILES string of the molecule is Cc1ccc(CN2CC(=O)NC(C3CC3)C2=O)cn1. The number of carbonyl (C=O) groups is 2. The average molecular weight is 259 g/mol. The summed E-state index contributed by atoms with van der Waals surface area (Å²) in [6, 6.07) is 3.57. The Morgan fingerprint density at radius 1 is 1.37 bits per heavy atom. The number of carbonyl (C=O) groups excluding carboxylic acids is 2. The van der Waals surface area contributed by atoms with Crippen LogP contribution in [-0.2, 0) is 16.1 Å². The van der Waals surface area contributed by atoms with Gasteiger partial charge in [0.15, 0.2) is 0 Å². The van der Waals surface area contributed by atoms with Gasteiger partial charge in [0.2, 0.25) is 11.8 Å². The fourth-order valence-electron chi connectivity index (χ4n) is 2.42. The molecule has 2 amide bonds. The third-order valence-electron chi connectivity index (χ3n) is 3.67. The molecule has 5 nitrogen and oxygen atoms in total. The van der Waals surface area contributed by atoms with Gasteiger partial charge in [-0.3, -0.25) is 14.6 Å². The molecule has 0 radical (unpaired) electrons. The fourth-order valence-corrected chi connectivity index (χ4v) is 2.42. The number of aryl methyl sites for hydroxylation is 1. The van der Waals surface area contributed by atoms with Crippen molar-refractivity contribution in [2.45, 2.75) is 32.4 Å². The Bertz CT molecular complexity index is 508. The Balaban J connectivity index is 1.73. The van der Waals surface area contributed by atoms with E-state index in [0.717, 1.165) is 24.1 Å². The van der Waals surface area contributed by atoms with Crippen LogP contribution in [0.1, 0.15) is 24.1 Å². The van der Waals surface area contributed by atoms with Gasteiger partial charge >= 0.3 is 0 Å². The summed E-state index contributed by atoms with van der Waals surface area (Å²) >= 11 is 0. The van der Waals surface area contributed by atoms with Crippen LogP contribution in [0.5, 0.6) is 0 Å². The van der Waals surface area contributed by atoms with E-state index in [1.165, 1.54) is 0 Å². The zero-order valence-electron chi connectivity index (χ0n) is 10.9. The van der Waals surface area contributed by atoms with Crippen LogP contribution in [0, 0.1) is 12.8 Å². The van der Waals surface area contributed by atoms with E-state index in [0.29, 0.717) is 12.5 Å². The molecular formula is C14H17N3O2. The van der Waals surface area contributed by atoms with Crippen LogP contribution in [-0.4, -0.2) is 34.3 Å². The third-order valence-corrected chi connectivity index (χ3v) is 3.67. The van der Waals surface area contributed by atoms with Crippen LogP contribution in [0.25, 0.3) is 0 Å². The van der Waals surface area contributed by atoms with Gasteiger partial charge in [-0.05, 0) is 37.3 Å². The minimum atomic E-state index is -0.306. The van der Waals surface area contributed by atoms with Crippen molar-refractivity contribution in [2.24, 2.45) is 5.92 Å². The lowest BCUT2D eigenvalue weighted by molar-refractivity contribution is -0.145. The zero-order valence-corrected chi connectivity index (χ0v) is 10.9. The Morgan fingerprint density at radius 3 is 2.79 bits per heavy atom. The van der Waals surface area contributed by atoms with Crippen molar-refractivity contribution < 1.29 is 9.59 Å². The first-order valence-corrected chi connectivity index (χ1v) is 6.63. The van der Waals surface area contributed by atoms with E-state index < -0.39 is 0 Å². The second-order valence-electron chi connectivity index (χ2n) is 5.38. The Labute approximate surface area is 112 Å². The van der Waals surface area contributed by atoms with E-state index in [4.69, 9.17) is 0 Å². The minimum Gasteiger partial charge on any atom is -0.342 e. The topological polar surface area (TPSA) is 62.3 Å². The Hall–Kier alpha value is -1.91. The van der Waals surface area contributed by atoms with E-state index in [9.17, 15) is 9.59 Å². The number of nitrogens with zero attached hydrogens (tertiary/aromatic N) is 2. The molecule has 1 aliphatic heterocycles. The molecule has 1 aromatic rings. The second-order valence-corrected chi connectivity index (χ2v) is 5.38. The number of hydrogen-bond acceptors (Lipinski definition) is 3. The summed E-state index contributed by atoms with van der Waals surface area (Å²) in [5.41, 5.74) is 1.91. The predicted octanol–water partition coefficient (Wildman–Crippen LogP) is 0.627. The highest BCUT2D eigenvalue weighted by Crippen LogP contribution is 2.34. The van der Waals surface area contributed by atoms with Crippen molar-refractivity contribution in [1.82, 2.24) is 15.2 Å². The van der Waals surface area contributed by atoms with Gasteiger partial charge in [-0.1, -0.05) is 6.07 Å². The molecule has 3 rings (SSSR count). The molecule has 1 aliphatic carbocycles. The summed E-state index contributed by atoms with van der Waals surface area (Å²) < 4.78 is 0. The van der Waals surface area contributed by atoms with Crippen LogP contribution in [0.2, 0.25) is 0 Å². The lowest BCUT2D eigenvalue weighted by Crippen LogP contribution is -2.58. The average Bonchev–Trinajstić information content (AvgIpc) is 3.20. The molecule has 19 heavy (non-hydrogen) atoms. The molecule has 5 heteroatoms. The molecule has 1 saturated carbocycles. The summed E-state index contributed by atoms with van der Waals surface area (Å²) in [7, 11) is 0. The molecule has 1 aromatic heterocycles. The van der Waals surface area contributed by atoms with Crippen LogP contribution >= 0.6 is 0 Å². The fraction of sp³-hybridized carbons (Fsp3) is 0.500. The zero-order chi connectivity index (χ0) is 13.4. The molecule has 0 bridgehead atoms. The molecule has 1 unspecified atom stereocenters. The maximum absolute atomic E-state index is 12.3. The minimum absolute atomic E-state index is 0.0441. The number of nitrogens with one attached hydrogen (secondary N) is 1. The third kappa shape index (κ3) is 2.59. The van der Waals surface area contributed by atoms with E-state index in [-0.39, 0.29) is 24.4 Å². The van der Waals surface area contributed by atoms with Gasteiger partial charge in [-0.15, -0.1) is 0 Å². The summed E-state index contributed by atoms with van der Waals surface area (Å²) in [5.74, 6) is 0.328. The molecule has 2 aliphatic rings. The molecule has 2 heterocycles. The number of amides is 2. The standard InChI is InChI=1S/C14H17N3O2/c1-9-2-3-10(6-15-9)7-17-8-12(18)16-13(14(17)19)11-4-5-11/h2-3,6,11,13H,4-5,7-8H2,1H3,(H,16,18). The number of pyridine rings is 1. The normalized spacial score (nSPS) is 23.4. The number of aromatic nitrogens is 1. The smallest absolute Gasteiger partial charge is 0.246 e. The maximum Gasteiger partial charge on any atom is 0.246 e. The second kappa shape index (κ2) is 4.64. The van der Waals surface area contributed by atoms with Gasteiger partial charge in [0.05, 0.1) is 6.54 Å². The summed E-state index contributed by atoms with van der Waals surface area (Å²) in [4.78, 5) is 29.8. The van der Waals surface area contributed by atoms with Crippen molar-refractivity contribution in [3.8, 4) is 0 Å².